The Kier molecular flexibility index (Phi) is 12.7. The fourth-order valence-electron chi connectivity index (χ4n) is 1.56. The summed E-state index contributed by atoms with van der Waals surface area (Å²) in [5, 5.41) is 2.09. The van der Waals surface area contributed by atoms with Crippen molar-refractivity contribution in [2.45, 2.75) is 33.3 Å². The van der Waals surface area contributed by atoms with E-state index < -0.39 is 44.6 Å². The molecule has 162 valence electrons. The third-order valence-electron chi connectivity index (χ3n) is 3.24. The molecule has 0 radical (unpaired) electrons. The van der Waals surface area contributed by atoms with Crippen LogP contribution in [0.15, 0.2) is 12.0 Å². The zero-order valence-electron chi connectivity index (χ0n) is 16.6. The van der Waals surface area contributed by atoms with Gasteiger partial charge in [-0.15, -0.1) is 0 Å². The molecule has 0 rings (SSSR count). The van der Waals surface area contributed by atoms with E-state index in [4.69, 9.17) is 18.5 Å². The summed E-state index contributed by atoms with van der Waals surface area (Å²) in [4.78, 5) is 44.2. The van der Waals surface area contributed by atoms with Gasteiger partial charge in [-0.1, -0.05) is 0 Å². The summed E-state index contributed by atoms with van der Waals surface area (Å²) in [5.74, 6) is -2.55. The van der Waals surface area contributed by atoms with Crippen LogP contribution in [0.25, 0.3) is 0 Å². The van der Waals surface area contributed by atoms with Gasteiger partial charge in [0.05, 0.1) is 18.1 Å². The van der Waals surface area contributed by atoms with Crippen LogP contribution in [0.1, 0.15) is 27.2 Å². The molecule has 0 aliphatic carbocycles. The fourth-order valence-corrected chi connectivity index (χ4v) is 2.07. The van der Waals surface area contributed by atoms with Crippen LogP contribution in [0.5, 0.6) is 0 Å². The van der Waals surface area contributed by atoms with Gasteiger partial charge in [0.15, 0.2) is 0 Å². The molecule has 0 aromatic carbocycles. The van der Waals surface area contributed by atoms with Crippen LogP contribution in [0.4, 0.5) is 4.39 Å². The second-order valence-corrected chi connectivity index (χ2v) is 7.50. The topological polar surface area (TPSA) is 124 Å². The van der Waals surface area contributed by atoms with Gasteiger partial charge >= 0.3 is 14.6 Å². The van der Waals surface area contributed by atoms with Crippen molar-refractivity contribution in [1.29, 1.82) is 0 Å². The van der Waals surface area contributed by atoms with Gasteiger partial charge in [-0.2, -0.15) is 4.39 Å². The van der Waals surface area contributed by atoms with Crippen molar-refractivity contribution in [2.24, 2.45) is 5.41 Å². The second kappa shape index (κ2) is 13.5. The molecule has 12 heteroatoms. The van der Waals surface area contributed by atoms with Gasteiger partial charge in [0.1, 0.15) is 0 Å². The standard InChI is InChI=1S/C16H28FN2O8P/c1-16(2,3)15(22)25-11-27-28(23)26-9-12(24-5)6-7-19(10-20)8-13(17)14(21)18-4/h8,10,12,23H,6-7,9,11H2,1-5H3,(H,18,21)/b13-8+. The van der Waals surface area contributed by atoms with Gasteiger partial charge in [-0.05, 0) is 27.2 Å². The zero-order valence-corrected chi connectivity index (χ0v) is 17.5. The normalized spacial score (nSPS) is 14.2. The van der Waals surface area contributed by atoms with E-state index in [0.717, 1.165) is 11.1 Å². The number of carbonyl (C=O) groups is 3. The number of nitrogens with one attached hydrogen (secondary N) is 1. The predicted molar refractivity (Wildman–Crippen MR) is 98.0 cm³/mol. The first-order chi connectivity index (χ1) is 13.0. The Morgan fingerprint density at radius 1 is 1.32 bits per heavy atom. The van der Waals surface area contributed by atoms with E-state index in [2.05, 4.69) is 5.32 Å². The second-order valence-electron chi connectivity index (χ2n) is 6.51. The molecule has 0 aromatic rings. The molecule has 2 unspecified atom stereocenters. The van der Waals surface area contributed by atoms with Crippen molar-refractivity contribution in [3.8, 4) is 0 Å². The average Bonchev–Trinajstić information content (AvgIpc) is 2.65. The fraction of sp³-hybridized carbons (Fsp3) is 0.688. The molecule has 0 spiro atoms. The number of methoxy groups -OCH3 is 1. The number of rotatable bonds is 13. The molecule has 28 heavy (non-hydrogen) atoms. The molecular formula is C16H28FN2O8P. The van der Waals surface area contributed by atoms with E-state index in [1.54, 1.807) is 20.8 Å². The molecule has 0 aliphatic rings. The smallest absolute Gasteiger partial charge is 0.332 e. The highest BCUT2D eigenvalue weighted by molar-refractivity contribution is 7.40. The monoisotopic (exact) mass is 426 g/mol. The van der Waals surface area contributed by atoms with Gasteiger partial charge in [0, 0.05) is 26.9 Å². The van der Waals surface area contributed by atoms with E-state index in [1.807, 2.05) is 0 Å². The number of carbonyl (C=O) groups excluding carboxylic acids is 3. The predicted octanol–water partition coefficient (Wildman–Crippen LogP) is 1.21. The minimum absolute atomic E-state index is 0.0448. The van der Waals surface area contributed by atoms with Crippen molar-refractivity contribution in [3.63, 3.8) is 0 Å². The summed E-state index contributed by atoms with van der Waals surface area (Å²) >= 11 is 0. The molecule has 0 saturated heterocycles. The Labute approximate surface area is 164 Å². The number of hydrogen-bond acceptors (Lipinski definition) is 8. The van der Waals surface area contributed by atoms with Crippen LogP contribution in [-0.2, 0) is 32.9 Å². The van der Waals surface area contributed by atoms with Crippen LogP contribution >= 0.6 is 8.60 Å². The highest BCUT2D eigenvalue weighted by atomic mass is 31.2. The minimum Gasteiger partial charge on any atom is -0.438 e. The molecule has 0 aliphatic heterocycles. The molecule has 0 aromatic heterocycles. The van der Waals surface area contributed by atoms with Gasteiger partial charge in [0.25, 0.3) is 5.91 Å². The summed E-state index contributed by atoms with van der Waals surface area (Å²) in [7, 11) is 0.352. The number of esters is 1. The molecule has 10 nitrogen and oxygen atoms in total. The minimum atomic E-state index is -2.31. The Bertz CT molecular complexity index is 541. The van der Waals surface area contributed by atoms with Crippen molar-refractivity contribution in [3.05, 3.63) is 12.0 Å². The lowest BCUT2D eigenvalue weighted by Gasteiger charge is -2.20. The first-order valence-electron chi connectivity index (χ1n) is 8.30. The molecule has 0 heterocycles. The highest BCUT2D eigenvalue weighted by Gasteiger charge is 2.23. The SMILES string of the molecule is CNC(=O)/C(F)=C\N(C=O)CCC(COP(O)OCOC(=O)C(C)(C)C)OC. The van der Waals surface area contributed by atoms with Gasteiger partial charge in [0.2, 0.25) is 19.0 Å². The van der Waals surface area contributed by atoms with Gasteiger partial charge < -0.3 is 29.1 Å². The first kappa shape index (κ1) is 26.4. The molecule has 2 N–H and O–H groups in total. The maximum Gasteiger partial charge on any atom is 0.332 e. The van der Waals surface area contributed by atoms with E-state index in [-0.39, 0.29) is 19.6 Å². The van der Waals surface area contributed by atoms with Crippen molar-refractivity contribution in [2.75, 3.05) is 34.1 Å². The van der Waals surface area contributed by atoms with E-state index in [0.29, 0.717) is 6.41 Å². The van der Waals surface area contributed by atoms with Crippen LogP contribution in [0.2, 0.25) is 0 Å². The Morgan fingerprint density at radius 3 is 2.46 bits per heavy atom. The lowest BCUT2D eigenvalue weighted by molar-refractivity contribution is -0.160. The van der Waals surface area contributed by atoms with Crippen LogP contribution in [0.3, 0.4) is 0 Å². The number of hydrogen-bond donors (Lipinski definition) is 2. The molecule has 2 atom stereocenters. The van der Waals surface area contributed by atoms with Crippen molar-refractivity contribution in [1.82, 2.24) is 10.2 Å². The third-order valence-corrected chi connectivity index (χ3v) is 3.93. The maximum atomic E-state index is 13.5. The van der Waals surface area contributed by atoms with Crippen molar-refractivity contribution >= 4 is 26.9 Å². The zero-order chi connectivity index (χ0) is 21.7. The van der Waals surface area contributed by atoms with E-state index in [1.165, 1.54) is 14.2 Å². The molecule has 0 saturated carbocycles. The Hall–Kier alpha value is -1.65. The summed E-state index contributed by atoms with van der Waals surface area (Å²) in [5.41, 5.74) is -0.695. The number of likely N-dealkylation sites (N-methyl/N-ethyl adjacent to an activating group) is 1. The summed E-state index contributed by atoms with van der Waals surface area (Å²) < 4.78 is 33.4. The number of halogens is 1. The van der Waals surface area contributed by atoms with Crippen LogP contribution in [0, 0.1) is 5.41 Å². The molecule has 2 amide bonds. The van der Waals surface area contributed by atoms with E-state index >= 15 is 0 Å². The molecular weight excluding hydrogens is 398 g/mol. The van der Waals surface area contributed by atoms with Gasteiger partial charge in [-0.25, -0.2) is 0 Å². The maximum absolute atomic E-state index is 13.5. The van der Waals surface area contributed by atoms with Crippen molar-refractivity contribution < 1.29 is 42.2 Å². The molecule has 0 bridgehead atoms. The van der Waals surface area contributed by atoms with Crippen LogP contribution < -0.4 is 5.32 Å². The third kappa shape index (κ3) is 11.3. The summed E-state index contributed by atoms with van der Waals surface area (Å²) in [6.45, 7) is 4.53. The summed E-state index contributed by atoms with van der Waals surface area (Å²) in [6, 6.07) is 0. The number of amides is 2. The largest absolute Gasteiger partial charge is 0.438 e. The first-order valence-corrected chi connectivity index (χ1v) is 9.43. The number of nitrogens with zero attached hydrogens (tertiary/aromatic N) is 1. The number of ether oxygens (including phenoxy) is 2. The van der Waals surface area contributed by atoms with Crippen LogP contribution in [-0.4, -0.2) is 68.3 Å². The Morgan fingerprint density at radius 2 is 1.96 bits per heavy atom. The van der Waals surface area contributed by atoms with E-state index in [9.17, 15) is 23.7 Å². The van der Waals surface area contributed by atoms with Gasteiger partial charge in [-0.3, -0.25) is 18.9 Å². The average molecular weight is 426 g/mol. The summed E-state index contributed by atoms with van der Waals surface area (Å²) in [6.07, 6.45) is 0.818. The molecule has 0 fully saturated rings. The highest BCUT2D eigenvalue weighted by Crippen LogP contribution is 2.33. The Balaban J connectivity index is 4.31. The quantitative estimate of drug-likeness (QED) is 0.148. The lowest BCUT2D eigenvalue weighted by atomic mass is 9.98. The lowest BCUT2D eigenvalue weighted by Crippen LogP contribution is -2.27.